The van der Waals surface area contributed by atoms with E-state index in [1.807, 2.05) is 20.8 Å². The van der Waals surface area contributed by atoms with Crippen molar-refractivity contribution in [3.63, 3.8) is 0 Å². The van der Waals surface area contributed by atoms with Crippen molar-refractivity contribution < 1.29 is 8.95 Å². The third kappa shape index (κ3) is 7.03. The van der Waals surface area contributed by atoms with Crippen LogP contribution in [0, 0.1) is 0 Å². The number of hydrogen-bond acceptors (Lipinski definition) is 3. The fourth-order valence-corrected chi connectivity index (χ4v) is 2.10. The largest absolute Gasteiger partial charge is 0.383 e. The molecular weight excluding hydrogens is 210 g/mol. The first-order valence-corrected chi connectivity index (χ1v) is 6.84. The minimum atomic E-state index is -0.763. The fraction of sp³-hybridized carbons (Fsp3) is 1.00. The molecule has 0 amide bonds. The highest BCUT2D eigenvalue weighted by atomic mass is 32.2. The molecule has 0 aliphatic heterocycles. The van der Waals surface area contributed by atoms with Crippen LogP contribution in [0.15, 0.2) is 0 Å². The van der Waals surface area contributed by atoms with Crippen LogP contribution in [0.3, 0.4) is 0 Å². The Bertz CT molecular complexity index is 190. The van der Waals surface area contributed by atoms with E-state index in [4.69, 9.17) is 4.74 Å². The lowest BCUT2D eigenvalue weighted by molar-refractivity contribution is 0.165. The third-order valence-corrected chi connectivity index (χ3v) is 4.21. The molecule has 2 atom stereocenters. The second kappa shape index (κ2) is 7.36. The Morgan fingerprint density at radius 3 is 2.40 bits per heavy atom. The van der Waals surface area contributed by atoms with Gasteiger partial charge in [-0.1, -0.05) is 6.92 Å². The Labute approximate surface area is 96.4 Å². The molecule has 0 bridgehead atoms. The molecule has 0 saturated carbocycles. The van der Waals surface area contributed by atoms with E-state index in [2.05, 4.69) is 12.2 Å². The first-order valence-electron chi connectivity index (χ1n) is 5.52. The van der Waals surface area contributed by atoms with E-state index >= 15 is 0 Å². The van der Waals surface area contributed by atoms with Crippen molar-refractivity contribution in [3.8, 4) is 0 Å². The Balaban J connectivity index is 3.73. The van der Waals surface area contributed by atoms with Gasteiger partial charge in [-0.2, -0.15) is 0 Å². The maximum atomic E-state index is 11.7. The Hall–Kier alpha value is 0.0700. The first-order chi connectivity index (χ1) is 6.91. The van der Waals surface area contributed by atoms with Crippen LogP contribution >= 0.6 is 0 Å². The Morgan fingerprint density at radius 2 is 2.00 bits per heavy atom. The summed E-state index contributed by atoms with van der Waals surface area (Å²) in [5.41, 5.74) is 0. The summed E-state index contributed by atoms with van der Waals surface area (Å²) < 4.78 is 16.7. The molecule has 3 nitrogen and oxygen atoms in total. The molecule has 0 spiro atoms. The third-order valence-electron chi connectivity index (χ3n) is 2.26. The van der Waals surface area contributed by atoms with Crippen molar-refractivity contribution in [2.24, 2.45) is 0 Å². The molecule has 0 radical (unpaired) electrons. The summed E-state index contributed by atoms with van der Waals surface area (Å²) in [4.78, 5) is 0. The highest BCUT2D eigenvalue weighted by Gasteiger charge is 2.18. The van der Waals surface area contributed by atoms with Gasteiger partial charge >= 0.3 is 0 Å². The monoisotopic (exact) mass is 235 g/mol. The molecule has 0 aromatic heterocycles. The number of hydrogen-bond donors (Lipinski definition) is 1. The van der Waals surface area contributed by atoms with Gasteiger partial charge in [-0.25, -0.2) is 0 Å². The second-order valence-electron chi connectivity index (χ2n) is 4.68. The minimum Gasteiger partial charge on any atom is -0.383 e. The SMILES string of the molecule is CCC(COC)NCCS(=O)C(C)(C)C. The lowest BCUT2D eigenvalue weighted by Gasteiger charge is -2.20. The quantitative estimate of drug-likeness (QED) is 0.727. The zero-order valence-corrected chi connectivity index (χ0v) is 11.4. The van der Waals surface area contributed by atoms with Crippen LogP contribution in [0.2, 0.25) is 0 Å². The van der Waals surface area contributed by atoms with E-state index in [1.54, 1.807) is 7.11 Å². The molecule has 0 aromatic rings. The molecule has 2 unspecified atom stereocenters. The molecule has 0 aromatic carbocycles. The van der Waals surface area contributed by atoms with Crippen molar-refractivity contribution in [1.29, 1.82) is 0 Å². The summed E-state index contributed by atoms with van der Waals surface area (Å²) in [5.74, 6) is 0.712. The molecule has 0 aliphatic carbocycles. The molecular formula is C11H25NO2S. The summed E-state index contributed by atoms with van der Waals surface area (Å²) in [6, 6.07) is 0.381. The van der Waals surface area contributed by atoms with E-state index in [1.165, 1.54) is 0 Å². The Kier molecular flexibility index (Phi) is 7.40. The van der Waals surface area contributed by atoms with E-state index in [0.717, 1.165) is 19.6 Å². The zero-order chi connectivity index (χ0) is 11.9. The van der Waals surface area contributed by atoms with Gasteiger partial charge in [0.2, 0.25) is 0 Å². The molecule has 0 rings (SSSR count). The van der Waals surface area contributed by atoms with Crippen LogP contribution in [0.5, 0.6) is 0 Å². The van der Waals surface area contributed by atoms with Gasteiger partial charge in [-0.3, -0.25) is 4.21 Å². The Morgan fingerprint density at radius 1 is 1.40 bits per heavy atom. The number of ether oxygens (including phenoxy) is 1. The zero-order valence-electron chi connectivity index (χ0n) is 10.6. The van der Waals surface area contributed by atoms with Crippen LogP contribution in [-0.2, 0) is 15.5 Å². The van der Waals surface area contributed by atoms with Gasteiger partial charge in [0.25, 0.3) is 0 Å². The summed E-state index contributed by atoms with van der Waals surface area (Å²) in [7, 11) is 0.943. The van der Waals surface area contributed by atoms with E-state index in [-0.39, 0.29) is 4.75 Å². The normalized spacial score (nSPS) is 16.3. The average molecular weight is 235 g/mol. The van der Waals surface area contributed by atoms with Gasteiger partial charge in [0, 0.05) is 41.0 Å². The average Bonchev–Trinajstić information content (AvgIpc) is 2.14. The highest BCUT2D eigenvalue weighted by molar-refractivity contribution is 7.86. The van der Waals surface area contributed by atoms with Crippen LogP contribution in [-0.4, -0.2) is 41.0 Å². The maximum Gasteiger partial charge on any atom is 0.0615 e. The van der Waals surface area contributed by atoms with Crippen LogP contribution in [0.25, 0.3) is 0 Å². The van der Waals surface area contributed by atoms with Crippen LogP contribution in [0.1, 0.15) is 34.1 Å². The van der Waals surface area contributed by atoms with Crippen LogP contribution < -0.4 is 5.32 Å². The predicted molar refractivity (Wildman–Crippen MR) is 66.7 cm³/mol. The summed E-state index contributed by atoms with van der Waals surface area (Å²) in [6.45, 7) is 9.67. The van der Waals surface area contributed by atoms with Crippen molar-refractivity contribution in [2.45, 2.75) is 44.9 Å². The van der Waals surface area contributed by atoms with Crippen molar-refractivity contribution in [3.05, 3.63) is 0 Å². The lowest BCUT2D eigenvalue weighted by Crippen LogP contribution is -2.37. The topological polar surface area (TPSA) is 38.3 Å². The van der Waals surface area contributed by atoms with Gasteiger partial charge in [0.05, 0.1) is 6.61 Å². The summed E-state index contributed by atoms with van der Waals surface area (Å²) >= 11 is 0. The van der Waals surface area contributed by atoms with Crippen LogP contribution in [0.4, 0.5) is 0 Å². The highest BCUT2D eigenvalue weighted by Crippen LogP contribution is 2.10. The van der Waals surface area contributed by atoms with Gasteiger partial charge in [-0.05, 0) is 27.2 Å². The number of methoxy groups -OCH3 is 1. The number of rotatable bonds is 7. The smallest absolute Gasteiger partial charge is 0.0615 e. The molecule has 1 N–H and O–H groups in total. The van der Waals surface area contributed by atoms with Gasteiger partial charge < -0.3 is 10.1 Å². The van der Waals surface area contributed by atoms with Crippen molar-refractivity contribution in [2.75, 3.05) is 26.0 Å². The molecule has 92 valence electrons. The van der Waals surface area contributed by atoms with Gasteiger partial charge in [0.1, 0.15) is 0 Å². The van der Waals surface area contributed by atoms with E-state index < -0.39 is 10.8 Å². The van der Waals surface area contributed by atoms with Gasteiger partial charge in [0.15, 0.2) is 0 Å². The fourth-order valence-electron chi connectivity index (χ4n) is 1.18. The molecule has 15 heavy (non-hydrogen) atoms. The second-order valence-corrected chi connectivity index (χ2v) is 7.00. The molecule has 4 heteroatoms. The van der Waals surface area contributed by atoms with Gasteiger partial charge in [-0.15, -0.1) is 0 Å². The number of nitrogens with one attached hydrogen (secondary N) is 1. The minimum absolute atomic E-state index is 0.107. The standard InChI is InChI=1S/C11H25NO2S/c1-6-10(9-14-5)12-7-8-15(13)11(2,3)4/h10,12H,6-9H2,1-5H3. The summed E-state index contributed by atoms with van der Waals surface area (Å²) in [5, 5.41) is 3.36. The van der Waals surface area contributed by atoms with Crippen molar-refractivity contribution in [1.82, 2.24) is 5.32 Å². The lowest BCUT2D eigenvalue weighted by atomic mass is 10.2. The maximum absolute atomic E-state index is 11.7. The molecule has 0 heterocycles. The first kappa shape index (κ1) is 15.1. The van der Waals surface area contributed by atoms with E-state index in [9.17, 15) is 4.21 Å². The summed E-state index contributed by atoms with van der Waals surface area (Å²) in [6.07, 6.45) is 1.04. The molecule has 0 fully saturated rings. The molecule has 0 aliphatic rings. The predicted octanol–water partition coefficient (Wildman–Crippen LogP) is 1.55. The van der Waals surface area contributed by atoms with E-state index in [0.29, 0.717) is 11.8 Å². The molecule has 0 saturated heterocycles. The van der Waals surface area contributed by atoms with Crippen molar-refractivity contribution >= 4 is 10.8 Å².